The van der Waals surface area contributed by atoms with E-state index in [1.54, 1.807) is 0 Å². The zero-order valence-electron chi connectivity index (χ0n) is 17.1. The summed E-state index contributed by atoms with van der Waals surface area (Å²) in [6.45, 7) is 8.73. The predicted octanol–water partition coefficient (Wildman–Crippen LogP) is 4.30. The second kappa shape index (κ2) is 9.68. The van der Waals surface area contributed by atoms with E-state index in [0.29, 0.717) is 18.1 Å². The summed E-state index contributed by atoms with van der Waals surface area (Å²) in [4.78, 5) is 23.1. The van der Waals surface area contributed by atoms with Crippen LogP contribution in [-0.2, 0) is 6.54 Å². The Bertz CT molecular complexity index is 917. The molecule has 29 heavy (non-hydrogen) atoms. The lowest BCUT2D eigenvalue weighted by molar-refractivity contribution is 0.0950. The molecule has 6 heteroatoms. The number of amides is 1. The van der Waals surface area contributed by atoms with Gasteiger partial charge in [0.25, 0.3) is 5.91 Å². The van der Waals surface area contributed by atoms with Crippen LogP contribution < -0.4 is 15.5 Å². The summed E-state index contributed by atoms with van der Waals surface area (Å²) in [6, 6.07) is 16.2. The Labute approximate surface area is 172 Å². The van der Waals surface area contributed by atoms with Gasteiger partial charge >= 0.3 is 0 Å². The van der Waals surface area contributed by atoms with E-state index in [2.05, 4.69) is 51.5 Å². The van der Waals surface area contributed by atoms with Crippen molar-refractivity contribution in [3.8, 4) is 0 Å². The highest BCUT2D eigenvalue weighted by molar-refractivity contribution is 5.93. The van der Waals surface area contributed by atoms with Crippen molar-refractivity contribution in [2.75, 3.05) is 23.3 Å². The van der Waals surface area contributed by atoms with E-state index in [0.717, 1.165) is 24.3 Å². The van der Waals surface area contributed by atoms with Crippen LogP contribution in [0, 0.1) is 6.92 Å². The van der Waals surface area contributed by atoms with E-state index < -0.39 is 0 Å². The van der Waals surface area contributed by atoms with Crippen LogP contribution in [-0.4, -0.2) is 29.0 Å². The van der Waals surface area contributed by atoms with E-state index in [-0.39, 0.29) is 5.91 Å². The molecule has 150 valence electrons. The molecule has 0 fully saturated rings. The highest BCUT2D eigenvalue weighted by atomic mass is 16.1. The van der Waals surface area contributed by atoms with E-state index in [1.165, 1.54) is 23.6 Å². The number of hydrogen-bond acceptors (Lipinski definition) is 5. The SMILES string of the molecule is CCN(CC)c1ccc(Nc2ncc(C(=O)NCc3ccc(C)cc3)cn2)cc1. The molecule has 1 amide bonds. The van der Waals surface area contributed by atoms with Gasteiger partial charge in [-0.25, -0.2) is 9.97 Å². The fourth-order valence-corrected chi connectivity index (χ4v) is 2.97. The van der Waals surface area contributed by atoms with Gasteiger partial charge in [0.15, 0.2) is 0 Å². The molecule has 1 heterocycles. The van der Waals surface area contributed by atoms with Gasteiger partial charge in [0.1, 0.15) is 0 Å². The number of carbonyl (C=O) groups is 1. The van der Waals surface area contributed by atoms with Crippen molar-refractivity contribution in [2.24, 2.45) is 0 Å². The zero-order valence-corrected chi connectivity index (χ0v) is 17.1. The lowest BCUT2D eigenvalue weighted by Crippen LogP contribution is -2.23. The number of nitrogens with zero attached hydrogens (tertiary/aromatic N) is 3. The fourth-order valence-electron chi connectivity index (χ4n) is 2.97. The number of hydrogen-bond donors (Lipinski definition) is 2. The molecular weight excluding hydrogens is 362 g/mol. The molecule has 0 bridgehead atoms. The number of aromatic nitrogens is 2. The summed E-state index contributed by atoms with van der Waals surface area (Å²) in [5, 5.41) is 6.05. The Balaban J connectivity index is 1.56. The highest BCUT2D eigenvalue weighted by Gasteiger charge is 2.08. The molecule has 0 aliphatic rings. The monoisotopic (exact) mass is 389 g/mol. The Morgan fingerprint density at radius 1 is 0.931 bits per heavy atom. The average molecular weight is 390 g/mol. The van der Waals surface area contributed by atoms with Crippen molar-refractivity contribution in [3.63, 3.8) is 0 Å². The molecule has 0 unspecified atom stereocenters. The van der Waals surface area contributed by atoms with Gasteiger partial charge in [-0.15, -0.1) is 0 Å². The Morgan fingerprint density at radius 2 is 1.55 bits per heavy atom. The van der Waals surface area contributed by atoms with Gasteiger partial charge in [-0.1, -0.05) is 29.8 Å². The van der Waals surface area contributed by atoms with E-state index in [9.17, 15) is 4.79 Å². The normalized spacial score (nSPS) is 10.4. The van der Waals surface area contributed by atoms with Crippen LogP contribution in [0.15, 0.2) is 60.9 Å². The molecule has 0 radical (unpaired) electrons. The molecule has 1 aromatic heterocycles. The minimum Gasteiger partial charge on any atom is -0.372 e. The number of aryl methyl sites for hydroxylation is 1. The Kier molecular flexibility index (Phi) is 6.79. The van der Waals surface area contributed by atoms with Crippen LogP contribution in [0.5, 0.6) is 0 Å². The Morgan fingerprint density at radius 3 is 2.14 bits per heavy atom. The number of benzene rings is 2. The maximum atomic E-state index is 12.3. The minimum absolute atomic E-state index is 0.194. The lowest BCUT2D eigenvalue weighted by Gasteiger charge is -2.21. The summed E-state index contributed by atoms with van der Waals surface area (Å²) >= 11 is 0. The first-order valence-electron chi connectivity index (χ1n) is 9.87. The summed E-state index contributed by atoms with van der Waals surface area (Å²) in [5.41, 5.74) is 4.76. The third kappa shape index (κ3) is 5.54. The molecule has 0 aliphatic carbocycles. The van der Waals surface area contributed by atoms with Gasteiger partial charge in [-0.05, 0) is 50.6 Å². The van der Waals surface area contributed by atoms with E-state index in [1.807, 2.05) is 43.3 Å². The number of rotatable bonds is 8. The number of nitrogens with one attached hydrogen (secondary N) is 2. The van der Waals surface area contributed by atoms with Crippen LogP contribution in [0.25, 0.3) is 0 Å². The van der Waals surface area contributed by atoms with Crippen molar-refractivity contribution < 1.29 is 4.79 Å². The average Bonchev–Trinajstić information content (AvgIpc) is 2.76. The molecule has 2 N–H and O–H groups in total. The minimum atomic E-state index is -0.194. The van der Waals surface area contributed by atoms with Gasteiger partial charge in [-0.2, -0.15) is 0 Å². The van der Waals surface area contributed by atoms with Crippen molar-refractivity contribution in [3.05, 3.63) is 77.6 Å². The van der Waals surface area contributed by atoms with Crippen LogP contribution in [0.3, 0.4) is 0 Å². The molecule has 0 spiro atoms. The van der Waals surface area contributed by atoms with Gasteiger partial charge in [0.2, 0.25) is 5.95 Å². The largest absolute Gasteiger partial charge is 0.372 e. The van der Waals surface area contributed by atoms with Crippen LogP contribution in [0.4, 0.5) is 17.3 Å². The summed E-state index contributed by atoms with van der Waals surface area (Å²) in [6.07, 6.45) is 3.06. The topological polar surface area (TPSA) is 70.2 Å². The standard InChI is InChI=1S/C23H27N5O/c1-4-28(5-2)21-12-10-20(11-13-21)27-23-25-15-19(16-26-23)22(29)24-14-18-8-6-17(3)7-9-18/h6-13,15-16H,4-5,14H2,1-3H3,(H,24,29)(H,25,26,27). The molecule has 3 rings (SSSR count). The molecule has 0 aliphatic heterocycles. The Hall–Kier alpha value is -3.41. The number of carbonyl (C=O) groups excluding carboxylic acids is 1. The van der Waals surface area contributed by atoms with Crippen molar-refractivity contribution in [1.29, 1.82) is 0 Å². The highest BCUT2D eigenvalue weighted by Crippen LogP contribution is 2.19. The van der Waals surface area contributed by atoms with Crippen LogP contribution in [0.2, 0.25) is 0 Å². The van der Waals surface area contributed by atoms with Crippen LogP contribution in [0.1, 0.15) is 35.3 Å². The molecular formula is C23H27N5O. The zero-order chi connectivity index (χ0) is 20.6. The van der Waals surface area contributed by atoms with Crippen LogP contribution >= 0.6 is 0 Å². The summed E-state index contributed by atoms with van der Waals surface area (Å²) in [7, 11) is 0. The van der Waals surface area contributed by atoms with Gasteiger partial charge in [-0.3, -0.25) is 4.79 Å². The third-order valence-electron chi connectivity index (χ3n) is 4.74. The molecule has 2 aromatic carbocycles. The first-order chi connectivity index (χ1) is 14.1. The number of anilines is 3. The summed E-state index contributed by atoms with van der Waals surface area (Å²) in [5.74, 6) is 0.261. The third-order valence-corrected chi connectivity index (χ3v) is 4.74. The molecule has 3 aromatic rings. The second-order valence-corrected chi connectivity index (χ2v) is 6.81. The molecule has 0 atom stereocenters. The van der Waals surface area contributed by atoms with E-state index in [4.69, 9.17) is 0 Å². The van der Waals surface area contributed by atoms with Crippen molar-refractivity contribution >= 4 is 23.2 Å². The quantitative estimate of drug-likeness (QED) is 0.601. The van der Waals surface area contributed by atoms with E-state index >= 15 is 0 Å². The second-order valence-electron chi connectivity index (χ2n) is 6.81. The first-order valence-corrected chi connectivity index (χ1v) is 9.87. The van der Waals surface area contributed by atoms with Gasteiger partial charge in [0.05, 0.1) is 5.56 Å². The maximum Gasteiger partial charge on any atom is 0.254 e. The summed E-state index contributed by atoms with van der Waals surface area (Å²) < 4.78 is 0. The van der Waals surface area contributed by atoms with Crippen molar-refractivity contribution in [2.45, 2.75) is 27.3 Å². The first kappa shape index (κ1) is 20.3. The fraction of sp³-hybridized carbons (Fsp3) is 0.261. The predicted molar refractivity (Wildman–Crippen MR) is 118 cm³/mol. The maximum absolute atomic E-state index is 12.3. The van der Waals surface area contributed by atoms with Gasteiger partial charge < -0.3 is 15.5 Å². The molecule has 0 saturated carbocycles. The smallest absolute Gasteiger partial charge is 0.254 e. The lowest BCUT2D eigenvalue weighted by atomic mass is 10.1. The van der Waals surface area contributed by atoms with Crippen molar-refractivity contribution in [1.82, 2.24) is 15.3 Å². The van der Waals surface area contributed by atoms with Gasteiger partial charge in [0, 0.05) is 43.4 Å². The molecule has 0 saturated heterocycles. The molecule has 6 nitrogen and oxygen atoms in total.